The van der Waals surface area contributed by atoms with Gasteiger partial charge in [-0.3, -0.25) is 9.59 Å². The number of Topliss-reactive ketones (excluding diaryl/α,β-unsaturated/α-hetero) is 1. The van der Waals surface area contributed by atoms with Crippen molar-refractivity contribution >= 4 is 17.4 Å². The van der Waals surface area contributed by atoms with E-state index in [4.69, 9.17) is 0 Å². The first-order valence-electron chi connectivity index (χ1n) is 5.84. The fourth-order valence-corrected chi connectivity index (χ4v) is 2.66. The third kappa shape index (κ3) is 1.56. The predicted octanol–water partition coefficient (Wildman–Crippen LogP) is 0.966. The van der Waals surface area contributed by atoms with Crippen LogP contribution < -0.4 is 10.2 Å². The SMILES string of the molecule is CC(=O)c1cccc(N2C(=O)C3CC2CN3)c1. The highest BCUT2D eigenvalue weighted by atomic mass is 16.2. The summed E-state index contributed by atoms with van der Waals surface area (Å²) in [6.07, 6.45) is 0.878. The molecule has 1 amide bonds. The van der Waals surface area contributed by atoms with E-state index in [0.717, 1.165) is 18.7 Å². The standard InChI is InChI=1S/C13H14N2O2/c1-8(16)9-3-2-4-10(5-9)15-11-6-12(13(15)17)14-7-11/h2-5,11-12,14H,6-7H2,1H3. The summed E-state index contributed by atoms with van der Waals surface area (Å²) in [5.41, 5.74) is 1.50. The Morgan fingerprint density at radius 3 is 2.94 bits per heavy atom. The molecule has 2 aliphatic heterocycles. The zero-order chi connectivity index (χ0) is 12.0. The molecule has 1 N–H and O–H groups in total. The van der Waals surface area contributed by atoms with E-state index in [1.807, 2.05) is 17.0 Å². The summed E-state index contributed by atoms with van der Waals surface area (Å²) in [5.74, 6) is 0.156. The number of carbonyl (C=O) groups is 2. The summed E-state index contributed by atoms with van der Waals surface area (Å²) < 4.78 is 0. The molecule has 4 heteroatoms. The molecule has 2 heterocycles. The number of anilines is 1. The first kappa shape index (κ1) is 10.5. The Morgan fingerprint density at radius 1 is 1.47 bits per heavy atom. The fraction of sp³-hybridized carbons (Fsp3) is 0.385. The number of piperazine rings is 1. The lowest BCUT2D eigenvalue weighted by atomic mass is 10.1. The highest BCUT2D eigenvalue weighted by Crippen LogP contribution is 2.30. The number of carbonyl (C=O) groups excluding carboxylic acids is 2. The summed E-state index contributed by atoms with van der Waals surface area (Å²) in [7, 11) is 0. The van der Waals surface area contributed by atoms with E-state index in [0.29, 0.717) is 5.56 Å². The number of rotatable bonds is 2. The molecule has 3 rings (SSSR count). The van der Waals surface area contributed by atoms with Crippen LogP contribution in [0.15, 0.2) is 24.3 Å². The van der Waals surface area contributed by atoms with E-state index in [2.05, 4.69) is 5.32 Å². The zero-order valence-corrected chi connectivity index (χ0v) is 9.64. The Balaban J connectivity index is 1.97. The number of nitrogens with one attached hydrogen (secondary N) is 1. The summed E-state index contributed by atoms with van der Waals surface area (Å²) in [6.45, 7) is 2.39. The zero-order valence-electron chi connectivity index (χ0n) is 9.64. The van der Waals surface area contributed by atoms with E-state index in [-0.39, 0.29) is 23.8 Å². The molecule has 17 heavy (non-hydrogen) atoms. The van der Waals surface area contributed by atoms with E-state index < -0.39 is 0 Å². The number of hydrogen-bond donors (Lipinski definition) is 1. The molecular formula is C13H14N2O2. The maximum absolute atomic E-state index is 12.0. The molecule has 0 aliphatic carbocycles. The number of hydrogen-bond acceptors (Lipinski definition) is 3. The van der Waals surface area contributed by atoms with Gasteiger partial charge in [0.1, 0.15) is 0 Å². The molecule has 2 fully saturated rings. The molecule has 1 aromatic rings. The lowest BCUT2D eigenvalue weighted by molar-refractivity contribution is -0.119. The average molecular weight is 230 g/mol. The molecule has 0 spiro atoms. The summed E-state index contributed by atoms with van der Waals surface area (Å²) in [4.78, 5) is 25.2. The van der Waals surface area contributed by atoms with Gasteiger partial charge in [0.25, 0.3) is 0 Å². The molecule has 88 valence electrons. The van der Waals surface area contributed by atoms with Crippen molar-refractivity contribution in [2.24, 2.45) is 0 Å². The van der Waals surface area contributed by atoms with Crippen LogP contribution in [0.2, 0.25) is 0 Å². The predicted molar refractivity (Wildman–Crippen MR) is 64.1 cm³/mol. The molecule has 2 bridgehead atoms. The van der Waals surface area contributed by atoms with Crippen LogP contribution in [-0.2, 0) is 4.79 Å². The summed E-state index contributed by atoms with van der Waals surface area (Å²) in [6, 6.07) is 7.53. The normalized spacial score (nSPS) is 26.6. The second-order valence-electron chi connectivity index (χ2n) is 4.67. The maximum atomic E-state index is 12.0. The van der Waals surface area contributed by atoms with Crippen molar-refractivity contribution in [1.82, 2.24) is 5.32 Å². The Hall–Kier alpha value is -1.68. The number of amides is 1. The van der Waals surface area contributed by atoms with Crippen molar-refractivity contribution in [3.63, 3.8) is 0 Å². The van der Waals surface area contributed by atoms with Crippen LogP contribution in [0.5, 0.6) is 0 Å². The topological polar surface area (TPSA) is 49.4 Å². The number of benzene rings is 1. The maximum Gasteiger partial charge on any atom is 0.244 e. The molecule has 2 aliphatic rings. The third-order valence-electron chi connectivity index (χ3n) is 3.54. The molecule has 0 radical (unpaired) electrons. The fourth-order valence-electron chi connectivity index (χ4n) is 2.66. The lowest BCUT2D eigenvalue weighted by Crippen LogP contribution is -2.48. The van der Waals surface area contributed by atoms with Crippen LogP contribution in [0, 0.1) is 0 Å². The minimum absolute atomic E-state index is 0.0269. The minimum atomic E-state index is -0.0269. The number of nitrogens with zero attached hydrogens (tertiary/aromatic N) is 1. The second-order valence-corrected chi connectivity index (χ2v) is 4.67. The van der Waals surface area contributed by atoms with Crippen molar-refractivity contribution in [2.75, 3.05) is 11.4 Å². The van der Waals surface area contributed by atoms with Crippen LogP contribution in [0.1, 0.15) is 23.7 Å². The van der Waals surface area contributed by atoms with Gasteiger partial charge in [-0.2, -0.15) is 0 Å². The van der Waals surface area contributed by atoms with Gasteiger partial charge in [-0.15, -0.1) is 0 Å². The van der Waals surface area contributed by atoms with Crippen molar-refractivity contribution in [2.45, 2.75) is 25.4 Å². The first-order chi connectivity index (χ1) is 8.16. The second kappa shape index (κ2) is 3.67. The lowest BCUT2D eigenvalue weighted by Gasteiger charge is -2.27. The van der Waals surface area contributed by atoms with Crippen molar-refractivity contribution in [3.05, 3.63) is 29.8 Å². The van der Waals surface area contributed by atoms with Gasteiger partial charge < -0.3 is 10.2 Å². The highest BCUT2D eigenvalue weighted by molar-refractivity contribution is 6.02. The van der Waals surface area contributed by atoms with Crippen molar-refractivity contribution in [3.8, 4) is 0 Å². The molecule has 0 saturated carbocycles. The Bertz CT molecular complexity index is 498. The highest BCUT2D eigenvalue weighted by Gasteiger charge is 2.45. The molecular weight excluding hydrogens is 216 g/mol. The minimum Gasteiger partial charge on any atom is -0.307 e. The molecule has 2 unspecified atom stereocenters. The largest absolute Gasteiger partial charge is 0.307 e. The Labute approximate surface area is 99.6 Å². The molecule has 1 aromatic carbocycles. The molecule has 0 aromatic heterocycles. The van der Waals surface area contributed by atoms with Gasteiger partial charge >= 0.3 is 0 Å². The average Bonchev–Trinajstić information content (AvgIpc) is 2.89. The van der Waals surface area contributed by atoms with Crippen LogP contribution in [0.3, 0.4) is 0 Å². The van der Waals surface area contributed by atoms with Gasteiger partial charge in [-0.05, 0) is 25.5 Å². The Morgan fingerprint density at radius 2 is 2.29 bits per heavy atom. The van der Waals surface area contributed by atoms with Gasteiger partial charge in [0.05, 0.1) is 12.1 Å². The van der Waals surface area contributed by atoms with E-state index >= 15 is 0 Å². The summed E-state index contributed by atoms with van der Waals surface area (Å²) in [5, 5.41) is 3.18. The van der Waals surface area contributed by atoms with Crippen LogP contribution in [0.25, 0.3) is 0 Å². The van der Waals surface area contributed by atoms with Crippen molar-refractivity contribution in [1.29, 1.82) is 0 Å². The van der Waals surface area contributed by atoms with Gasteiger partial charge in [-0.25, -0.2) is 0 Å². The van der Waals surface area contributed by atoms with E-state index in [1.54, 1.807) is 19.1 Å². The number of ketones is 1. The van der Waals surface area contributed by atoms with Crippen LogP contribution in [-0.4, -0.2) is 30.3 Å². The van der Waals surface area contributed by atoms with Crippen molar-refractivity contribution < 1.29 is 9.59 Å². The number of fused-ring (bicyclic) bond motifs is 2. The van der Waals surface area contributed by atoms with Gasteiger partial charge in [0, 0.05) is 17.8 Å². The molecule has 2 saturated heterocycles. The monoisotopic (exact) mass is 230 g/mol. The van der Waals surface area contributed by atoms with E-state index in [1.165, 1.54) is 0 Å². The van der Waals surface area contributed by atoms with Crippen LogP contribution >= 0.6 is 0 Å². The smallest absolute Gasteiger partial charge is 0.244 e. The van der Waals surface area contributed by atoms with Crippen LogP contribution in [0.4, 0.5) is 5.69 Å². The quantitative estimate of drug-likeness (QED) is 0.770. The Kier molecular flexibility index (Phi) is 2.26. The van der Waals surface area contributed by atoms with Gasteiger partial charge in [-0.1, -0.05) is 12.1 Å². The third-order valence-corrected chi connectivity index (χ3v) is 3.54. The molecule has 2 atom stereocenters. The summed E-state index contributed by atoms with van der Waals surface area (Å²) >= 11 is 0. The van der Waals surface area contributed by atoms with Gasteiger partial charge in [0.2, 0.25) is 5.91 Å². The molecule has 4 nitrogen and oxygen atoms in total. The first-order valence-corrected chi connectivity index (χ1v) is 5.84. The van der Waals surface area contributed by atoms with Gasteiger partial charge in [0.15, 0.2) is 5.78 Å². The van der Waals surface area contributed by atoms with E-state index in [9.17, 15) is 9.59 Å².